The van der Waals surface area contributed by atoms with Gasteiger partial charge in [-0.05, 0) is 35.4 Å². The highest BCUT2D eigenvalue weighted by molar-refractivity contribution is 6.04. The van der Waals surface area contributed by atoms with Crippen molar-refractivity contribution >= 4 is 17.1 Å². The largest absolute Gasteiger partial charge is 0.376 e. The van der Waals surface area contributed by atoms with Crippen molar-refractivity contribution in [3.8, 4) is 0 Å². The van der Waals surface area contributed by atoms with Crippen LogP contribution in [0.1, 0.15) is 23.6 Å². The van der Waals surface area contributed by atoms with Crippen LogP contribution in [-0.4, -0.2) is 5.71 Å². The molecule has 3 aromatic rings. The Morgan fingerprint density at radius 2 is 1.54 bits per heavy atom. The summed E-state index contributed by atoms with van der Waals surface area (Å²) in [5.74, 6) is -0.230. The van der Waals surface area contributed by atoms with E-state index in [0.717, 1.165) is 29.1 Å². The fourth-order valence-corrected chi connectivity index (χ4v) is 3.03. The minimum atomic E-state index is -0.230. The van der Waals surface area contributed by atoms with Gasteiger partial charge in [0.1, 0.15) is 5.82 Å². The molecule has 0 saturated heterocycles. The number of nitrogens with one attached hydrogen (secondary N) is 1. The third-order valence-corrected chi connectivity index (χ3v) is 4.27. The highest BCUT2D eigenvalue weighted by Crippen LogP contribution is 2.35. The predicted molar refractivity (Wildman–Crippen MR) is 96.5 cm³/mol. The second-order valence-corrected chi connectivity index (χ2v) is 5.89. The minimum Gasteiger partial charge on any atom is -0.376 e. The Hall–Kier alpha value is -2.94. The van der Waals surface area contributed by atoms with Crippen molar-refractivity contribution in [1.29, 1.82) is 0 Å². The van der Waals surface area contributed by atoms with Crippen LogP contribution in [0.25, 0.3) is 0 Å². The van der Waals surface area contributed by atoms with Gasteiger partial charge in [-0.2, -0.15) is 0 Å². The second kappa shape index (κ2) is 6.28. The van der Waals surface area contributed by atoms with Gasteiger partial charge in [0.2, 0.25) is 0 Å². The molecular weight excluding hydrogens is 299 g/mol. The molecule has 4 rings (SSSR count). The molecular formula is C21H17FN2. The predicted octanol–water partition coefficient (Wildman–Crippen LogP) is 5.50. The Labute approximate surface area is 140 Å². The molecule has 1 N–H and O–H groups in total. The van der Waals surface area contributed by atoms with Crippen molar-refractivity contribution in [2.24, 2.45) is 4.99 Å². The number of rotatable bonds is 2. The number of para-hydroxylation sites is 2. The molecule has 0 aliphatic carbocycles. The lowest BCUT2D eigenvalue weighted by Crippen LogP contribution is -2.14. The van der Waals surface area contributed by atoms with Crippen molar-refractivity contribution in [2.45, 2.75) is 12.5 Å². The summed E-state index contributed by atoms with van der Waals surface area (Å²) in [6, 6.07) is 25.1. The third kappa shape index (κ3) is 2.93. The fourth-order valence-electron chi connectivity index (χ4n) is 3.03. The van der Waals surface area contributed by atoms with Crippen LogP contribution in [0.15, 0.2) is 83.9 Å². The lowest BCUT2D eigenvalue weighted by Gasteiger charge is -2.19. The van der Waals surface area contributed by atoms with Gasteiger partial charge in [0.25, 0.3) is 0 Å². The quantitative estimate of drug-likeness (QED) is 0.663. The smallest absolute Gasteiger partial charge is 0.123 e. The van der Waals surface area contributed by atoms with Crippen molar-refractivity contribution in [1.82, 2.24) is 0 Å². The average Bonchev–Trinajstić information content (AvgIpc) is 2.83. The first-order valence-electron chi connectivity index (χ1n) is 8.03. The summed E-state index contributed by atoms with van der Waals surface area (Å²) in [7, 11) is 0. The first-order valence-corrected chi connectivity index (χ1v) is 8.03. The van der Waals surface area contributed by atoms with E-state index in [1.807, 2.05) is 42.5 Å². The Morgan fingerprint density at radius 3 is 2.33 bits per heavy atom. The van der Waals surface area contributed by atoms with Crippen LogP contribution in [0.3, 0.4) is 0 Å². The Morgan fingerprint density at radius 1 is 0.833 bits per heavy atom. The topological polar surface area (TPSA) is 24.4 Å². The van der Waals surface area contributed by atoms with Crippen LogP contribution in [-0.2, 0) is 0 Å². The Bertz CT molecular complexity index is 870. The van der Waals surface area contributed by atoms with Crippen molar-refractivity contribution < 1.29 is 4.39 Å². The van der Waals surface area contributed by atoms with E-state index in [2.05, 4.69) is 17.4 Å². The SMILES string of the molecule is Fc1ccc(C2=Nc3ccccc3NC(c3ccccc3)C2)cc1. The van der Waals surface area contributed by atoms with E-state index < -0.39 is 0 Å². The number of halogens is 1. The molecule has 3 aromatic carbocycles. The van der Waals surface area contributed by atoms with Gasteiger partial charge in [0, 0.05) is 6.42 Å². The number of aliphatic imine (C=N–C) groups is 1. The molecule has 0 saturated carbocycles. The standard InChI is InChI=1S/C21H17FN2/c22-17-12-10-16(11-13-17)21-14-20(15-6-2-1-3-7-15)23-18-8-4-5-9-19(18)24-21/h1-13,20,23H,14H2. The van der Waals surface area contributed by atoms with Crippen LogP contribution in [0.4, 0.5) is 15.8 Å². The zero-order valence-electron chi connectivity index (χ0n) is 13.1. The van der Waals surface area contributed by atoms with Crippen LogP contribution >= 0.6 is 0 Å². The Kier molecular flexibility index (Phi) is 3.83. The van der Waals surface area contributed by atoms with Crippen molar-refractivity contribution in [3.05, 3.63) is 95.8 Å². The molecule has 1 unspecified atom stereocenters. The number of anilines is 1. The zero-order valence-corrected chi connectivity index (χ0v) is 13.1. The van der Waals surface area contributed by atoms with Crippen LogP contribution < -0.4 is 5.32 Å². The molecule has 0 aromatic heterocycles. The molecule has 1 aliphatic heterocycles. The van der Waals surface area contributed by atoms with Gasteiger partial charge in [-0.25, -0.2) is 4.39 Å². The van der Waals surface area contributed by atoms with Gasteiger partial charge in [-0.3, -0.25) is 4.99 Å². The second-order valence-electron chi connectivity index (χ2n) is 5.89. The summed E-state index contributed by atoms with van der Waals surface area (Å²) in [4.78, 5) is 4.85. The summed E-state index contributed by atoms with van der Waals surface area (Å²) < 4.78 is 13.3. The van der Waals surface area contributed by atoms with Gasteiger partial charge < -0.3 is 5.32 Å². The summed E-state index contributed by atoms with van der Waals surface area (Å²) >= 11 is 0. The van der Waals surface area contributed by atoms with E-state index in [1.54, 1.807) is 12.1 Å². The number of hydrogen-bond acceptors (Lipinski definition) is 2. The van der Waals surface area contributed by atoms with Gasteiger partial charge in [0.15, 0.2) is 0 Å². The Balaban J connectivity index is 1.80. The molecule has 0 fully saturated rings. The maximum absolute atomic E-state index is 13.3. The maximum Gasteiger partial charge on any atom is 0.123 e. The lowest BCUT2D eigenvalue weighted by molar-refractivity contribution is 0.627. The third-order valence-electron chi connectivity index (χ3n) is 4.27. The average molecular weight is 316 g/mol. The summed E-state index contributed by atoms with van der Waals surface area (Å²) in [6.07, 6.45) is 0.740. The van der Waals surface area contributed by atoms with E-state index in [4.69, 9.17) is 4.99 Å². The summed E-state index contributed by atoms with van der Waals surface area (Å²) in [6.45, 7) is 0. The van der Waals surface area contributed by atoms with E-state index in [0.29, 0.717) is 0 Å². The van der Waals surface area contributed by atoms with Crippen molar-refractivity contribution in [3.63, 3.8) is 0 Å². The van der Waals surface area contributed by atoms with Gasteiger partial charge in [-0.1, -0.05) is 54.6 Å². The maximum atomic E-state index is 13.3. The summed E-state index contributed by atoms with van der Waals surface area (Å²) in [5, 5.41) is 3.60. The van der Waals surface area contributed by atoms with Gasteiger partial charge in [-0.15, -0.1) is 0 Å². The molecule has 1 atom stereocenters. The van der Waals surface area contributed by atoms with E-state index >= 15 is 0 Å². The molecule has 2 nitrogen and oxygen atoms in total. The molecule has 118 valence electrons. The van der Waals surface area contributed by atoms with E-state index in [1.165, 1.54) is 17.7 Å². The molecule has 0 spiro atoms. The van der Waals surface area contributed by atoms with Crippen LogP contribution in [0.2, 0.25) is 0 Å². The first kappa shape index (κ1) is 14.6. The van der Waals surface area contributed by atoms with Crippen LogP contribution in [0, 0.1) is 5.82 Å². The molecule has 0 amide bonds. The lowest BCUT2D eigenvalue weighted by atomic mass is 9.97. The normalized spacial score (nSPS) is 16.5. The van der Waals surface area contributed by atoms with Gasteiger partial charge in [0.05, 0.1) is 23.1 Å². The molecule has 0 radical (unpaired) electrons. The first-order chi connectivity index (χ1) is 11.8. The highest BCUT2D eigenvalue weighted by Gasteiger charge is 2.20. The molecule has 24 heavy (non-hydrogen) atoms. The number of hydrogen-bond donors (Lipinski definition) is 1. The molecule has 3 heteroatoms. The molecule has 0 bridgehead atoms. The monoisotopic (exact) mass is 316 g/mol. The highest BCUT2D eigenvalue weighted by atomic mass is 19.1. The number of benzene rings is 3. The molecule has 1 heterocycles. The van der Waals surface area contributed by atoms with E-state index in [-0.39, 0.29) is 11.9 Å². The number of nitrogens with zero attached hydrogens (tertiary/aromatic N) is 1. The van der Waals surface area contributed by atoms with Crippen molar-refractivity contribution in [2.75, 3.05) is 5.32 Å². The fraction of sp³-hybridized carbons (Fsp3) is 0.0952. The van der Waals surface area contributed by atoms with E-state index in [9.17, 15) is 4.39 Å². The van der Waals surface area contributed by atoms with Crippen LogP contribution in [0.5, 0.6) is 0 Å². The zero-order chi connectivity index (χ0) is 16.4. The minimum absolute atomic E-state index is 0.124. The number of fused-ring (bicyclic) bond motifs is 1. The van der Waals surface area contributed by atoms with Gasteiger partial charge >= 0.3 is 0 Å². The molecule has 1 aliphatic rings. The summed E-state index contributed by atoms with van der Waals surface area (Å²) in [5.41, 5.74) is 5.06.